The molecule has 0 radical (unpaired) electrons. The predicted octanol–water partition coefficient (Wildman–Crippen LogP) is 4.11. The van der Waals surface area contributed by atoms with Gasteiger partial charge in [-0.05, 0) is 69.8 Å². The summed E-state index contributed by atoms with van der Waals surface area (Å²) < 4.78 is 12.0. The van der Waals surface area contributed by atoms with Crippen molar-refractivity contribution in [3.8, 4) is 11.5 Å². The summed E-state index contributed by atoms with van der Waals surface area (Å²) in [5.41, 5.74) is 0. The van der Waals surface area contributed by atoms with E-state index in [2.05, 4.69) is 11.8 Å². The van der Waals surface area contributed by atoms with Gasteiger partial charge in [-0.1, -0.05) is 6.42 Å². The van der Waals surface area contributed by atoms with Crippen molar-refractivity contribution < 1.29 is 14.3 Å². The van der Waals surface area contributed by atoms with Crippen LogP contribution >= 0.6 is 0 Å². The third kappa shape index (κ3) is 5.44. The standard InChI is InChI=1S/C24H36N2O3/c1-19-5-3-14-25(19)15-4-18-28-21-8-10-22(11-9-21)29-23-12-16-26(17-13-23)24(27)20-6-2-7-20/h8-11,19-20,23H,2-7,12-18H2,1H3. The first-order valence-corrected chi connectivity index (χ1v) is 11.6. The second-order valence-corrected chi connectivity index (χ2v) is 8.97. The number of amides is 1. The van der Waals surface area contributed by atoms with E-state index in [1.165, 1.54) is 25.8 Å². The van der Waals surface area contributed by atoms with E-state index in [1.807, 2.05) is 29.2 Å². The number of carbonyl (C=O) groups excluding carboxylic acids is 1. The largest absolute Gasteiger partial charge is 0.494 e. The average molecular weight is 401 g/mol. The Hall–Kier alpha value is -1.75. The molecule has 0 bridgehead atoms. The maximum Gasteiger partial charge on any atom is 0.225 e. The van der Waals surface area contributed by atoms with Gasteiger partial charge in [0.2, 0.25) is 5.91 Å². The van der Waals surface area contributed by atoms with Crippen LogP contribution < -0.4 is 9.47 Å². The van der Waals surface area contributed by atoms with Crippen molar-refractivity contribution in [2.45, 2.75) is 70.4 Å². The molecule has 1 aromatic carbocycles. The normalized spacial score (nSPS) is 23.8. The van der Waals surface area contributed by atoms with E-state index in [4.69, 9.17) is 9.47 Å². The van der Waals surface area contributed by atoms with Gasteiger partial charge < -0.3 is 19.3 Å². The molecule has 2 saturated heterocycles. The van der Waals surface area contributed by atoms with Crippen LogP contribution in [0.15, 0.2) is 24.3 Å². The van der Waals surface area contributed by atoms with Crippen LogP contribution in [0.25, 0.3) is 0 Å². The summed E-state index contributed by atoms with van der Waals surface area (Å²) in [6, 6.07) is 8.74. The molecule has 5 nitrogen and oxygen atoms in total. The van der Waals surface area contributed by atoms with Crippen molar-refractivity contribution in [3.63, 3.8) is 0 Å². The number of nitrogens with zero attached hydrogens (tertiary/aromatic N) is 2. The van der Waals surface area contributed by atoms with Crippen LogP contribution in [-0.4, -0.2) is 60.6 Å². The Labute approximate surface area is 175 Å². The summed E-state index contributed by atoms with van der Waals surface area (Å²) in [6.07, 6.45) is 9.17. The molecule has 3 aliphatic rings. The monoisotopic (exact) mass is 400 g/mol. The van der Waals surface area contributed by atoms with E-state index in [0.717, 1.165) is 75.9 Å². The lowest BCUT2D eigenvalue weighted by Gasteiger charge is -2.36. The molecule has 1 amide bonds. The smallest absolute Gasteiger partial charge is 0.225 e. The minimum Gasteiger partial charge on any atom is -0.494 e. The van der Waals surface area contributed by atoms with Gasteiger partial charge in [0, 0.05) is 44.4 Å². The van der Waals surface area contributed by atoms with Crippen molar-refractivity contribution in [3.05, 3.63) is 24.3 Å². The van der Waals surface area contributed by atoms with Crippen molar-refractivity contribution in [1.29, 1.82) is 0 Å². The van der Waals surface area contributed by atoms with Crippen molar-refractivity contribution >= 4 is 5.91 Å². The third-order valence-electron chi connectivity index (χ3n) is 6.88. The summed E-state index contributed by atoms with van der Waals surface area (Å²) in [5.74, 6) is 2.48. The maximum absolute atomic E-state index is 12.4. The Kier molecular flexibility index (Phi) is 6.96. The average Bonchev–Trinajstić information content (AvgIpc) is 3.10. The number of piperidine rings is 1. The zero-order valence-corrected chi connectivity index (χ0v) is 17.9. The second kappa shape index (κ2) is 9.84. The van der Waals surface area contributed by atoms with Gasteiger partial charge in [0.05, 0.1) is 6.61 Å². The second-order valence-electron chi connectivity index (χ2n) is 8.97. The molecule has 3 fully saturated rings. The first-order chi connectivity index (χ1) is 14.2. The van der Waals surface area contributed by atoms with Crippen molar-refractivity contribution in [2.75, 3.05) is 32.8 Å². The fourth-order valence-electron chi connectivity index (χ4n) is 4.70. The molecule has 0 aromatic heterocycles. The maximum atomic E-state index is 12.4. The fourth-order valence-corrected chi connectivity index (χ4v) is 4.70. The summed E-state index contributed by atoms with van der Waals surface area (Å²) in [5, 5.41) is 0. The Morgan fingerprint density at radius 3 is 2.31 bits per heavy atom. The number of carbonyl (C=O) groups is 1. The molecule has 1 unspecified atom stereocenters. The van der Waals surface area contributed by atoms with Gasteiger partial charge in [-0.15, -0.1) is 0 Å². The van der Waals surface area contributed by atoms with Gasteiger partial charge in [0.1, 0.15) is 17.6 Å². The van der Waals surface area contributed by atoms with Gasteiger partial charge >= 0.3 is 0 Å². The van der Waals surface area contributed by atoms with Crippen molar-refractivity contribution in [1.82, 2.24) is 9.80 Å². The van der Waals surface area contributed by atoms with Gasteiger partial charge in [0.25, 0.3) is 0 Å². The van der Waals surface area contributed by atoms with E-state index < -0.39 is 0 Å². The molecular weight excluding hydrogens is 364 g/mol. The van der Waals surface area contributed by atoms with E-state index in [0.29, 0.717) is 11.8 Å². The molecule has 0 spiro atoms. The van der Waals surface area contributed by atoms with Gasteiger partial charge in [-0.3, -0.25) is 4.79 Å². The van der Waals surface area contributed by atoms with E-state index in [-0.39, 0.29) is 6.10 Å². The van der Waals surface area contributed by atoms with E-state index in [9.17, 15) is 4.79 Å². The molecule has 5 heteroatoms. The lowest BCUT2D eigenvalue weighted by atomic mass is 9.84. The topological polar surface area (TPSA) is 42.0 Å². The van der Waals surface area contributed by atoms with Crippen LogP contribution in [0, 0.1) is 5.92 Å². The molecule has 4 rings (SSSR count). The molecule has 2 heterocycles. The van der Waals surface area contributed by atoms with Crippen LogP contribution in [-0.2, 0) is 4.79 Å². The number of hydrogen-bond donors (Lipinski definition) is 0. The van der Waals surface area contributed by atoms with E-state index >= 15 is 0 Å². The first kappa shape index (κ1) is 20.5. The minimum atomic E-state index is 0.203. The Morgan fingerprint density at radius 2 is 1.69 bits per heavy atom. The van der Waals surface area contributed by atoms with Crippen LogP contribution in [0.5, 0.6) is 11.5 Å². The van der Waals surface area contributed by atoms with E-state index in [1.54, 1.807) is 0 Å². The van der Waals surface area contributed by atoms with Crippen LogP contribution in [0.3, 0.4) is 0 Å². The Morgan fingerprint density at radius 1 is 0.966 bits per heavy atom. The molecule has 0 N–H and O–H groups in total. The zero-order valence-electron chi connectivity index (χ0n) is 17.9. The first-order valence-electron chi connectivity index (χ1n) is 11.6. The Balaban J connectivity index is 1.14. The molecule has 29 heavy (non-hydrogen) atoms. The number of ether oxygens (including phenoxy) is 2. The molecule has 2 aliphatic heterocycles. The number of rotatable bonds is 8. The molecule has 1 atom stereocenters. The van der Waals surface area contributed by atoms with Crippen LogP contribution in [0.1, 0.15) is 58.3 Å². The molecular formula is C24H36N2O3. The summed E-state index contributed by atoms with van der Waals surface area (Å²) in [6.45, 7) is 7.11. The highest BCUT2D eigenvalue weighted by atomic mass is 16.5. The van der Waals surface area contributed by atoms with Crippen LogP contribution in [0.4, 0.5) is 0 Å². The highest BCUT2D eigenvalue weighted by molar-refractivity contribution is 5.79. The molecule has 1 aromatic rings. The molecule has 160 valence electrons. The quantitative estimate of drug-likeness (QED) is 0.616. The minimum absolute atomic E-state index is 0.203. The van der Waals surface area contributed by atoms with Crippen LogP contribution in [0.2, 0.25) is 0 Å². The summed E-state index contributed by atoms with van der Waals surface area (Å²) in [7, 11) is 0. The van der Waals surface area contributed by atoms with Gasteiger partial charge in [0.15, 0.2) is 0 Å². The Bertz CT molecular complexity index is 651. The lowest BCUT2D eigenvalue weighted by Crippen LogP contribution is -2.45. The predicted molar refractivity (Wildman–Crippen MR) is 114 cm³/mol. The SMILES string of the molecule is CC1CCCN1CCCOc1ccc(OC2CCN(C(=O)C3CCC3)CC2)cc1. The lowest BCUT2D eigenvalue weighted by molar-refractivity contribution is -0.140. The van der Waals surface area contributed by atoms with Crippen molar-refractivity contribution in [2.24, 2.45) is 5.92 Å². The van der Waals surface area contributed by atoms with Gasteiger partial charge in [-0.2, -0.15) is 0 Å². The van der Waals surface area contributed by atoms with Gasteiger partial charge in [-0.25, -0.2) is 0 Å². The number of benzene rings is 1. The third-order valence-corrected chi connectivity index (χ3v) is 6.88. The number of likely N-dealkylation sites (tertiary alicyclic amines) is 2. The summed E-state index contributed by atoms with van der Waals surface area (Å²) in [4.78, 5) is 17.0. The fraction of sp³-hybridized carbons (Fsp3) is 0.708. The molecule has 1 aliphatic carbocycles. The highest BCUT2D eigenvalue weighted by Crippen LogP contribution is 2.30. The highest BCUT2D eigenvalue weighted by Gasteiger charge is 2.32. The molecule has 1 saturated carbocycles. The number of hydrogen-bond acceptors (Lipinski definition) is 4. The zero-order chi connectivity index (χ0) is 20.1. The summed E-state index contributed by atoms with van der Waals surface area (Å²) >= 11 is 0.